The maximum Gasteiger partial charge on any atom is 0.314 e. The quantitative estimate of drug-likeness (QED) is 0.508. The molecule has 6 saturated heterocycles. The van der Waals surface area contributed by atoms with Crippen molar-refractivity contribution in [1.29, 1.82) is 0 Å². The van der Waals surface area contributed by atoms with E-state index in [0.29, 0.717) is 6.42 Å². The minimum Gasteiger partial charge on any atom is -0.465 e. The van der Waals surface area contributed by atoms with Crippen LogP contribution >= 0.6 is 0 Å². The maximum atomic E-state index is 12.8. The highest BCUT2D eigenvalue weighted by atomic mass is 17.0. The van der Waals surface area contributed by atoms with E-state index in [9.17, 15) is 9.59 Å². The van der Waals surface area contributed by atoms with Crippen LogP contribution in [0.2, 0.25) is 0 Å². The van der Waals surface area contributed by atoms with E-state index in [1.165, 1.54) is 0 Å². The van der Waals surface area contributed by atoms with Gasteiger partial charge in [-0.3, -0.25) is 14.3 Å². The molecule has 7 rings (SSSR count). The van der Waals surface area contributed by atoms with Crippen LogP contribution in [0.25, 0.3) is 0 Å². The molecule has 1 aliphatic carbocycles. The van der Waals surface area contributed by atoms with Crippen molar-refractivity contribution >= 4 is 11.9 Å². The molecule has 2 bridgehead atoms. The molecule has 8 heteroatoms. The van der Waals surface area contributed by atoms with E-state index in [4.69, 9.17) is 28.4 Å². The van der Waals surface area contributed by atoms with E-state index in [1.807, 2.05) is 0 Å². The molecule has 0 aromatic rings. The molecule has 0 amide bonds. The number of carbonyl (C=O) groups excluding carboxylic acids is 2. The standard InChI is InChI=1S/C25H34O8/c1-12-7-8-14-20(3,4)29-15-9-16(26)28-11-23(14,15)24(12)10-21(5)13(2)17-18-22(6,31-19(17)27)32-25(21,30-18)33-24/h12-15,17-18H,7-11H2,1-6H3/t12-,13+,14-,15-,17+,18-,21+,22+,23+,24-,25+/m0/s1. The fourth-order valence-electron chi connectivity index (χ4n) is 9.30. The topological polar surface area (TPSA) is 89.5 Å². The maximum absolute atomic E-state index is 12.8. The second-order valence-corrected chi connectivity index (χ2v) is 12.7. The van der Waals surface area contributed by atoms with Gasteiger partial charge in [-0.2, -0.15) is 0 Å². The first-order valence-electron chi connectivity index (χ1n) is 12.5. The summed E-state index contributed by atoms with van der Waals surface area (Å²) < 4.78 is 38.5. The van der Waals surface area contributed by atoms with Gasteiger partial charge in [0.25, 0.3) is 5.97 Å². The van der Waals surface area contributed by atoms with Crippen LogP contribution in [0.15, 0.2) is 0 Å². The van der Waals surface area contributed by atoms with Crippen molar-refractivity contribution in [2.75, 3.05) is 6.61 Å². The lowest BCUT2D eigenvalue weighted by Crippen LogP contribution is -2.67. The number of hydrogen-bond donors (Lipinski definition) is 0. The predicted molar refractivity (Wildman–Crippen MR) is 111 cm³/mol. The summed E-state index contributed by atoms with van der Waals surface area (Å²) in [6, 6.07) is 0. The SMILES string of the molecule is C[C@@H]1[C@H]2C(=O)O[C@]3(C)O[C@@]4(O[C@@H]23)O[C@@]2(C[C@]14C)[C@@H](C)CC[C@H]1C(C)(C)O[C@H]3CC(=O)OC[C@]312. The van der Waals surface area contributed by atoms with E-state index >= 15 is 0 Å². The van der Waals surface area contributed by atoms with Crippen molar-refractivity contribution < 1.29 is 38.0 Å². The molecule has 0 N–H and O–H groups in total. The van der Waals surface area contributed by atoms with E-state index in [1.54, 1.807) is 6.92 Å². The van der Waals surface area contributed by atoms with Crippen LogP contribution in [0.4, 0.5) is 0 Å². The first kappa shape index (κ1) is 21.1. The zero-order valence-electron chi connectivity index (χ0n) is 20.3. The second-order valence-electron chi connectivity index (χ2n) is 12.7. The first-order valence-corrected chi connectivity index (χ1v) is 12.5. The summed E-state index contributed by atoms with van der Waals surface area (Å²) in [4.78, 5) is 25.2. The van der Waals surface area contributed by atoms with E-state index < -0.39 is 45.8 Å². The van der Waals surface area contributed by atoms with E-state index in [2.05, 4.69) is 34.6 Å². The van der Waals surface area contributed by atoms with Gasteiger partial charge < -0.3 is 23.7 Å². The van der Waals surface area contributed by atoms with Gasteiger partial charge in [0, 0.05) is 12.8 Å². The van der Waals surface area contributed by atoms with Gasteiger partial charge >= 0.3 is 11.9 Å². The van der Waals surface area contributed by atoms with Crippen LogP contribution in [0.1, 0.15) is 67.2 Å². The Bertz CT molecular complexity index is 979. The van der Waals surface area contributed by atoms with Gasteiger partial charge in [0.05, 0.1) is 40.5 Å². The molecule has 0 unspecified atom stereocenters. The largest absolute Gasteiger partial charge is 0.465 e. The minimum absolute atomic E-state index is 0.0589. The number of cyclic esters (lactones) is 1. The third-order valence-corrected chi connectivity index (χ3v) is 11.0. The van der Waals surface area contributed by atoms with Gasteiger partial charge in [0.15, 0.2) is 0 Å². The lowest BCUT2D eigenvalue weighted by Gasteiger charge is -2.58. The Morgan fingerprint density at radius 3 is 2.48 bits per heavy atom. The molecule has 11 atom stereocenters. The molecular weight excluding hydrogens is 428 g/mol. The van der Waals surface area contributed by atoms with E-state index in [0.717, 1.165) is 12.8 Å². The average molecular weight is 463 g/mol. The molecule has 6 aliphatic heterocycles. The number of esters is 2. The Hall–Kier alpha value is -1.22. The van der Waals surface area contributed by atoms with Gasteiger partial charge in [0.1, 0.15) is 12.7 Å². The van der Waals surface area contributed by atoms with Crippen molar-refractivity contribution in [3.63, 3.8) is 0 Å². The normalized spacial score (nSPS) is 62.0. The third kappa shape index (κ3) is 2.00. The van der Waals surface area contributed by atoms with Crippen LogP contribution in [-0.4, -0.2) is 53.7 Å². The highest BCUT2D eigenvalue weighted by molar-refractivity contribution is 5.77. The Balaban J connectivity index is 1.42. The summed E-state index contributed by atoms with van der Waals surface area (Å²) in [6.45, 7) is 12.8. The molecule has 8 nitrogen and oxygen atoms in total. The number of carbonyl (C=O) groups is 2. The molecule has 7 fully saturated rings. The van der Waals surface area contributed by atoms with Crippen LogP contribution in [0.3, 0.4) is 0 Å². The molecule has 33 heavy (non-hydrogen) atoms. The number of ether oxygens (including phenoxy) is 6. The molecule has 0 radical (unpaired) electrons. The lowest BCUT2D eigenvalue weighted by atomic mass is 9.47. The Morgan fingerprint density at radius 2 is 1.73 bits per heavy atom. The van der Waals surface area contributed by atoms with Crippen LogP contribution in [0.5, 0.6) is 0 Å². The van der Waals surface area contributed by atoms with Gasteiger partial charge in [-0.25, -0.2) is 0 Å². The van der Waals surface area contributed by atoms with Crippen LogP contribution in [0, 0.1) is 34.5 Å². The average Bonchev–Trinajstić information content (AvgIpc) is 3.30. The Kier molecular flexibility index (Phi) is 3.58. The zero-order valence-corrected chi connectivity index (χ0v) is 20.3. The van der Waals surface area contributed by atoms with Crippen LogP contribution < -0.4 is 0 Å². The first-order chi connectivity index (χ1) is 15.3. The predicted octanol–water partition coefficient (Wildman–Crippen LogP) is 2.92. The van der Waals surface area contributed by atoms with Gasteiger partial charge in [-0.1, -0.05) is 20.8 Å². The molecular formula is C25H34O8. The second kappa shape index (κ2) is 5.61. The summed E-state index contributed by atoms with van der Waals surface area (Å²) in [5.74, 6) is -3.06. The van der Waals surface area contributed by atoms with Crippen molar-refractivity contribution in [3.05, 3.63) is 0 Å². The fourth-order valence-corrected chi connectivity index (χ4v) is 9.30. The van der Waals surface area contributed by atoms with Crippen molar-refractivity contribution in [2.24, 2.45) is 34.5 Å². The fraction of sp³-hybridized carbons (Fsp3) is 0.920. The minimum atomic E-state index is -1.31. The van der Waals surface area contributed by atoms with Crippen molar-refractivity contribution in [1.82, 2.24) is 0 Å². The highest BCUT2D eigenvalue weighted by Crippen LogP contribution is 2.77. The van der Waals surface area contributed by atoms with Gasteiger partial charge in [0.2, 0.25) is 5.79 Å². The summed E-state index contributed by atoms with van der Waals surface area (Å²) in [5, 5.41) is 0. The summed E-state index contributed by atoms with van der Waals surface area (Å²) in [6.07, 6.45) is 2.05. The molecule has 3 spiro atoms. The number of rotatable bonds is 0. The molecule has 0 aromatic carbocycles. The highest BCUT2D eigenvalue weighted by Gasteiger charge is 2.87. The van der Waals surface area contributed by atoms with E-state index in [-0.39, 0.29) is 48.8 Å². The molecule has 1 saturated carbocycles. The summed E-state index contributed by atoms with van der Waals surface area (Å²) in [7, 11) is 0. The molecule has 0 aromatic heterocycles. The zero-order chi connectivity index (χ0) is 23.4. The number of hydrogen-bond acceptors (Lipinski definition) is 8. The van der Waals surface area contributed by atoms with Gasteiger partial charge in [-0.05, 0) is 44.9 Å². The molecule has 7 aliphatic rings. The Labute approximate surface area is 193 Å². The van der Waals surface area contributed by atoms with Gasteiger partial charge in [-0.15, -0.1) is 0 Å². The lowest BCUT2D eigenvalue weighted by molar-refractivity contribution is -0.434. The van der Waals surface area contributed by atoms with Crippen LogP contribution in [-0.2, 0) is 38.0 Å². The summed E-state index contributed by atoms with van der Waals surface area (Å²) in [5.41, 5.74) is -2.17. The Morgan fingerprint density at radius 1 is 0.970 bits per heavy atom. The van der Waals surface area contributed by atoms with Crippen molar-refractivity contribution in [3.8, 4) is 0 Å². The summed E-state index contributed by atoms with van der Waals surface area (Å²) >= 11 is 0. The smallest absolute Gasteiger partial charge is 0.314 e. The third-order valence-electron chi connectivity index (χ3n) is 11.0. The molecule has 182 valence electrons. The monoisotopic (exact) mass is 462 g/mol. The molecule has 6 heterocycles. The van der Waals surface area contributed by atoms with Crippen molar-refractivity contribution in [2.45, 2.75) is 102 Å².